The van der Waals surface area contributed by atoms with Crippen LogP contribution >= 0.6 is 7.82 Å². The molecule has 2 atom stereocenters. The van der Waals surface area contributed by atoms with Crippen LogP contribution in [0.4, 0.5) is 0 Å². The van der Waals surface area contributed by atoms with Gasteiger partial charge in [-0.3, -0.25) is 9.36 Å². The van der Waals surface area contributed by atoms with Gasteiger partial charge in [-0.05, 0) is 83.5 Å². The fraction of sp³-hybridized carbons (Fsp3) is 0.700. The number of likely N-dealkylation sites (N-methyl/N-ethyl adjacent to an activating group) is 1. The Morgan fingerprint density at radius 1 is 0.525 bits per heavy atom. The largest absolute Gasteiger partial charge is 0.756 e. The molecule has 9 heteroatoms. The number of phosphoric acid groups is 1. The molecular weight excluding hydrogens is 758 g/mol. The Balaban J connectivity index is 4.22. The van der Waals surface area contributed by atoms with Crippen LogP contribution in [0.3, 0.4) is 0 Å². The molecule has 0 N–H and O–H groups in total. The summed E-state index contributed by atoms with van der Waals surface area (Å²) in [6.07, 6.45) is 56.0. The summed E-state index contributed by atoms with van der Waals surface area (Å²) in [5.41, 5.74) is 0. The number of carbonyl (C=O) groups excluding carboxylic acids is 1. The van der Waals surface area contributed by atoms with Crippen LogP contribution in [0.25, 0.3) is 0 Å². The molecule has 0 spiro atoms. The van der Waals surface area contributed by atoms with Gasteiger partial charge in [-0.15, -0.1) is 0 Å². The van der Waals surface area contributed by atoms with Gasteiger partial charge in [-0.25, -0.2) is 0 Å². The topological polar surface area (TPSA) is 94.1 Å². The highest BCUT2D eigenvalue weighted by molar-refractivity contribution is 7.45. The minimum Gasteiger partial charge on any atom is -0.756 e. The van der Waals surface area contributed by atoms with Crippen LogP contribution in [0.2, 0.25) is 0 Å². The molecule has 0 aliphatic heterocycles. The van der Waals surface area contributed by atoms with Gasteiger partial charge in [0, 0.05) is 13.0 Å². The van der Waals surface area contributed by atoms with Crippen molar-refractivity contribution >= 4 is 13.8 Å². The molecule has 8 nitrogen and oxygen atoms in total. The third-order valence-corrected chi connectivity index (χ3v) is 10.4. The zero-order valence-corrected chi connectivity index (χ0v) is 39.3. The van der Waals surface area contributed by atoms with E-state index in [2.05, 4.69) is 98.9 Å². The summed E-state index contributed by atoms with van der Waals surface area (Å²) < 4.78 is 34.6. The highest BCUT2D eigenvalue weighted by Gasteiger charge is 2.20. The lowest BCUT2D eigenvalue weighted by Crippen LogP contribution is -2.37. The number of phosphoric ester groups is 1. The molecule has 0 rings (SSSR count). The number of allylic oxidation sites excluding steroid dienone is 14. The van der Waals surface area contributed by atoms with Crippen LogP contribution in [0.5, 0.6) is 0 Å². The first-order valence-corrected chi connectivity index (χ1v) is 24.8. The summed E-state index contributed by atoms with van der Waals surface area (Å²) >= 11 is 0. The Morgan fingerprint density at radius 2 is 0.932 bits per heavy atom. The quantitative estimate of drug-likeness (QED) is 0.0199. The molecule has 59 heavy (non-hydrogen) atoms. The predicted octanol–water partition coefficient (Wildman–Crippen LogP) is 13.4. The molecule has 0 aliphatic carbocycles. The summed E-state index contributed by atoms with van der Waals surface area (Å²) in [7, 11) is 1.33. The second kappa shape index (κ2) is 42.4. The molecule has 0 bridgehead atoms. The monoisotopic (exact) mass is 846 g/mol. The van der Waals surface area contributed by atoms with Crippen molar-refractivity contribution in [1.29, 1.82) is 0 Å². The Morgan fingerprint density at radius 3 is 1.39 bits per heavy atom. The Bertz CT molecular complexity index is 1210. The van der Waals surface area contributed by atoms with Gasteiger partial charge < -0.3 is 27.9 Å². The van der Waals surface area contributed by atoms with E-state index in [4.69, 9.17) is 18.5 Å². The number of nitrogens with zero attached hydrogens (tertiary/aromatic N) is 1. The van der Waals surface area contributed by atoms with Gasteiger partial charge in [0.15, 0.2) is 0 Å². The molecule has 0 aromatic carbocycles. The van der Waals surface area contributed by atoms with E-state index in [0.29, 0.717) is 17.6 Å². The number of hydrogen-bond donors (Lipinski definition) is 0. The number of esters is 1. The number of rotatable bonds is 42. The first-order valence-electron chi connectivity index (χ1n) is 23.3. The van der Waals surface area contributed by atoms with E-state index in [1.54, 1.807) is 0 Å². The van der Waals surface area contributed by atoms with Gasteiger partial charge in [-0.1, -0.05) is 163 Å². The summed E-state index contributed by atoms with van der Waals surface area (Å²) in [5.74, 6) is -0.357. The molecule has 0 aromatic rings. The van der Waals surface area contributed by atoms with Crippen LogP contribution < -0.4 is 4.89 Å². The molecule has 0 radical (unpaired) electrons. The normalized spacial score (nSPS) is 14.5. The average Bonchev–Trinajstić information content (AvgIpc) is 3.19. The smallest absolute Gasteiger partial charge is 0.306 e. The average molecular weight is 846 g/mol. The SMILES string of the molecule is CC/C=C\C/C=C\C/C=C\C/C=C\CCCCCCCCCCCOCC(COP(=O)([O-])OCC[N+](C)(C)C)OC(=O)CCCCCCC/C=C\C/C=C\C/C=C\CC. The maximum Gasteiger partial charge on any atom is 0.306 e. The fourth-order valence-corrected chi connectivity index (χ4v) is 6.63. The van der Waals surface area contributed by atoms with E-state index in [9.17, 15) is 14.3 Å². The van der Waals surface area contributed by atoms with Crippen molar-refractivity contribution in [3.05, 3.63) is 85.1 Å². The molecule has 0 aliphatic rings. The zero-order valence-electron chi connectivity index (χ0n) is 38.4. The van der Waals surface area contributed by atoms with E-state index in [-0.39, 0.29) is 32.2 Å². The molecule has 0 saturated heterocycles. The maximum atomic E-state index is 12.7. The van der Waals surface area contributed by atoms with Gasteiger partial charge >= 0.3 is 5.97 Å². The second-order valence-corrected chi connectivity index (χ2v) is 17.8. The fourth-order valence-electron chi connectivity index (χ4n) is 5.90. The summed E-state index contributed by atoms with van der Waals surface area (Å²) in [5, 5.41) is 0. The Hall–Kier alpha value is -2.32. The lowest BCUT2D eigenvalue weighted by Gasteiger charge is -2.28. The number of carbonyl (C=O) groups is 1. The predicted molar refractivity (Wildman–Crippen MR) is 249 cm³/mol. The van der Waals surface area contributed by atoms with Gasteiger partial charge in [-0.2, -0.15) is 0 Å². The lowest BCUT2D eigenvalue weighted by molar-refractivity contribution is -0.870. The molecule has 0 heterocycles. The Labute approximate surface area is 363 Å². The third kappa shape index (κ3) is 46.6. The van der Waals surface area contributed by atoms with Crippen molar-refractivity contribution in [3.8, 4) is 0 Å². The summed E-state index contributed by atoms with van der Waals surface area (Å²) in [6.45, 7) is 5.13. The van der Waals surface area contributed by atoms with E-state index < -0.39 is 13.9 Å². The minimum atomic E-state index is -4.54. The second-order valence-electron chi connectivity index (χ2n) is 16.3. The third-order valence-electron chi connectivity index (χ3n) is 9.44. The number of quaternary nitrogens is 1. The van der Waals surface area contributed by atoms with Crippen LogP contribution in [0.1, 0.15) is 168 Å². The van der Waals surface area contributed by atoms with Crippen molar-refractivity contribution in [2.24, 2.45) is 0 Å². The standard InChI is InChI=1S/C50H88NO7P/c1-6-8-10-12-14-16-18-20-22-23-24-25-26-27-28-30-32-34-36-38-40-42-45-55-47-49(48-57-59(53,54)56-46-44-51(3,4)5)58-50(52)43-41-39-37-35-33-31-29-21-19-17-15-13-11-9-7-2/h8-11,14-17,20-22,24-25,29,49H,6-7,12-13,18-19,23,26-28,30-48H2,1-5H3/b10-8-,11-9-,16-14-,17-15-,22-20-,25-24-,29-21-. The van der Waals surface area contributed by atoms with Crippen LogP contribution in [-0.2, 0) is 27.9 Å². The van der Waals surface area contributed by atoms with E-state index in [1.165, 1.54) is 51.4 Å². The zero-order chi connectivity index (χ0) is 43.4. The number of unbranched alkanes of at least 4 members (excludes halogenated alkanes) is 14. The molecule has 0 aromatic heterocycles. The van der Waals surface area contributed by atoms with Crippen molar-refractivity contribution in [1.82, 2.24) is 0 Å². The van der Waals surface area contributed by atoms with E-state index in [1.807, 2.05) is 21.1 Å². The summed E-state index contributed by atoms with van der Waals surface area (Å²) in [6, 6.07) is 0. The maximum absolute atomic E-state index is 12.7. The molecule has 2 unspecified atom stereocenters. The first kappa shape index (κ1) is 56.7. The van der Waals surface area contributed by atoms with Crippen LogP contribution in [0.15, 0.2) is 85.1 Å². The lowest BCUT2D eigenvalue weighted by atomic mass is 10.1. The number of ether oxygens (including phenoxy) is 2. The molecule has 0 amide bonds. The highest BCUT2D eigenvalue weighted by atomic mass is 31.2. The minimum absolute atomic E-state index is 0.0166. The van der Waals surface area contributed by atoms with Crippen molar-refractivity contribution in [2.75, 3.05) is 54.1 Å². The highest BCUT2D eigenvalue weighted by Crippen LogP contribution is 2.38. The van der Waals surface area contributed by atoms with Crippen LogP contribution in [0, 0.1) is 0 Å². The molecule has 0 fully saturated rings. The van der Waals surface area contributed by atoms with Gasteiger partial charge in [0.2, 0.25) is 0 Å². The van der Waals surface area contributed by atoms with Gasteiger partial charge in [0.1, 0.15) is 19.3 Å². The molecule has 0 saturated carbocycles. The van der Waals surface area contributed by atoms with Crippen LogP contribution in [-0.4, -0.2) is 70.7 Å². The van der Waals surface area contributed by atoms with Gasteiger partial charge in [0.25, 0.3) is 7.82 Å². The van der Waals surface area contributed by atoms with Crippen molar-refractivity contribution in [2.45, 2.75) is 174 Å². The van der Waals surface area contributed by atoms with Crippen molar-refractivity contribution < 1.29 is 37.3 Å². The molecular formula is C50H88NO7P. The van der Waals surface area contributed by atoms with E-state index >= 15 is 0 Å². The molecule has 340 valence electrons. The first-order chi connectivity index (χ1) is 28.6. The Kier molecular flexibility index (Phi) is 40.7. The van der Waals surface area contributed by atoms with E-state index in [0.717, 1.165) is 96.3 Å². The summed E-state index contributed by atoms with van der Waals surface area (Å²) in [4.78, 5) is 25.1. The number of hydrogen-bond acceptors (Lipinski definition) is 7. The van der Waals surface area contributed by atoms with Crippen molar-refractivity contribution in [3.63, 3.8) is 0 Å². The van der Waals surface area contributed by atoms with Gasteiger partial charge in [0.05, 0.1) is 34.4 Å².